The third-order valence-electron chi connectivity index (χ3n) is 5.10. The highest BCUT2D eigenvalue weighted by molar-refractivity contribution is 5.94. The smallest absolute Gasteiger partial charge is 0.251 e. The SMILES string of the molecule is CN=C(NCc1cccc(C(=O)NCc2ccco2)c1)NCC(C)c1ccc(C)cc1. The Morgan fingerprint density at radius 2 is 1.81 bits per heavy atom. The Hall–Kier alpha value is -3.54. The Labute approximate surface area is 183 Å². The predicted molar refractivity (Wildman–Crippen MR) is 124 cm³/mol. The fraction of sp³-hybridized carbons (Fsp3) is 0.280. The van der Waals surface area contributed by atoms with Crippen LogP contribution >= 0.6 is 0 Å². The van der Waals surface area contributed by atoms with Crippen LogP contribution in [-0.2, 0) is 13.1 Å². The van der Waals surface area contributed by atoms with Gasteiger partial charge in [-0.3, -0.25) is 9.79 Å². The molecular weight excluding hydrogens is 388 g/mol. The second kappa shape index (κ2) is 11.0. The molecule has 0 aliphatic heterocycles. The van der Waals surface area contributed by atoms with E-state index in [1.165, 1.54) is 11.1 Å². The van der Waals surface area contributed by atoms with Gasteiger partial charge in [-0.15, -0.1) is 0 Å². The van der Waals surface area contributed by atoms with Crippen LogP contribution in [0.15, 0.2) is 76.3 Å². The van der Waals surface area contributed by atoms with Gasteiger partial charge in [0.25, 0.3) is 5.91 Å². The van der Waals surface area contributed by atoms with E-state index in [1.54, 1.807) is 25.4 Å². The average Bonchev–Trinajstić information content (AvgIpc) is 3.32. The molecule has 162 valence electrons. The molecule has 0 aliphatic carbocycles. The second-order valence-electron chi connectivity index (χ2n) is 7.58. The molecule has 0 spiro atoms. The molecule has 3 rings (SSSR count). The van der Waals surface area contributed by atoms with Crippen LogP contribution in [0.25, 0.3) is 0 Å². The summed E-state index contributed by atoms with van der Waals surface area (Å²) in [6.45, 7) is 5.99. The van der Waals surface area contributed by atoms with Gasteiger partial charge in [0.2, 0.25) is 0 Å². The number of aryl methyl sites for hydroxylation is 1. The van der Waals surface area contributed by atoms with Gasteiger partial charge in [-0.2, -0.15) is 0 Å². The third kappa shape index (κ3) is 6.74. The van der Waals surface area contributed by atoms with Crippen LogP contribution in [-0.4, -0.2) is 25.5 Å². The molecule has 6 heteroatoms. The number of benzene rings is 2. The number of rotatable bonds is 8. The zero-order valence-corrected chi connectivity index (χ0v) is 18.3. The number of hydrogen-bond donors (Lipinski definition) is 3. The maximum absolute atomic E-state index is 12.4. The molecule has 3 N–H and O–H groups in total. The normalized spacial score (nSPS) is 12.3. The summed E-state index contributed by atoms with van der Waals surface area (Å²) >= 11 is 0. The number of amides is 1. The van der Waals surface area contributed by atoms with E-state index in [1.807, 2.05) is 24.3 Å². The van der Waals surface area contributed by atoms with E-state index in [-0.39, 0.29) is 5.91 Å². The largest absolute Gasteiger partial charge is 0.467 e. The lowest BCUT2D eigenvalue weighted by molar-refractivity contribution is 0.0948. The molecule has 31 heavy (non-hydrogen) atoms. The lowest BCUT2D eigenvalue weighted by Crippen LogP contribution is -2.38. The summed E-state index contributed by atoms with van der Waals surface area (Å²) in [7, 11) is 1.75. The molecular formula is C25H30N4O2. The summed E-state index contributed by atoms with van der Waals surface area (Å²) in [6.07, 6.45) is 1.59. The molecule has 0 saturated carbocycles. The first kappa shape index (κ1) is 22.2. The number of aliphatic imine (C=N–C) groups is 1. The van der Waals surface area contributed by atoms with Crippen molar-refractivity contribution in [2.75, 3.05) is 13.6 Å². The molecule has 0 fully saturated rings. The Balaban J connectivity index is 1.49. The zero-order valence-electron chi connectivity index (χ0n) is 18.3. The highest BCUT2D eigenvalue weighted by atomic mass is 16.3. The third-order valence-corrected chi connectivity index (χ3v) is 5.10. The van der Waals surface area contributed by atoms with E-state index >= 15 is 0 Å². The maximum atomic E-state index is 12.4. The first-order chi connectivity index (χ1) is 15.0. The second-order valence-corrected chi connectivity index (χ2v) is 7.58. The van der Waals surface area contributed by atoms with Crippen molar-refractivity contribution >= 4 is 11.9 Å². The molecule has 1 atom stereocenters. The summed E-state index contributed by atoms with van der Waals surface area (Å²) in [5, 5.41) is 9.56. The molecule has 1 unspecified atom stereocenters. The van der Waals surface area contributed by atoms with Crippen molar-refractivity contribution in [3.05, 3.63) is 94.9 Å². The molecule has 6 nitrogen and oxygen atoms in total. The Morgan fingerprint density at radius 1 is 1.00 bits per heavy atom. The molecule has 1 heterocycles. The van der Waals surface area contributed by atoms with E-state index in [9.17, 15) is 4.79 Å². The van der Waals surface area contributed by atoms with E-state index in [2.05, 4.69) is 59.1 Å². The molecule has 0 radical (unpaired) electrons. The van der Waals surface area contributed by atoms with Gasteiger partial charge in [-0.1, -0.05) is 48.9 Å². The van der Waals surface area contributed by atoms with Gasteiger partial charge in [0, 0.05) is 25.7 Å². The molecule has 0 bridgehead atoms. The summed E-state index contributed by atoms with van der Waals surface area (Å²) in [5.41, 5.74) is 4.17. The van der Waals surface area contributed by atoms with Gasteiger partial charge in [-0.25, -0.2) is 0 Å². The lowest BCUT2D eigenvalue weighted by atomic mass is 10.0. The van der Waals surface area contributed by atoms with Crippen molar-refractivity contribution < 1.29 is 9.21 Å². The maximum Gasteiger partial charge on any atom is 0.251 e. The van der Waals surface area contributed by atoms with E-state index < -0.39 is 0 Å². The number of nitrogens with zero attached hydrogens (tertiary/aromatic N) is 1. The summed E-state index contributed by atoms with van der Waals surface area (Å²) in [4.78, 5) is 16.7. The molecule has 0 aliphatic rings. The first-order valence-electron chi connectivity index (χ1n) is 10.5. The number of nitrogens with one attached hydrogen (secondary N) is 3. The summed E-state index contributed by atoms with van der Waals surface area (Å²) in [6, 6.07) is 19.8. The van der Waals surface area contributed by atoms with Crippen molar-refractivity contribution in [2.24, 2.45) is 4.99 Å². The molecule has 0 saturated heterocycles. The number of furan rings is 1. The van der Waals surface area contributed by atoms with Crippen LogP contribution in [0.4, 0.5) is 0 Å². The van der Waals surface area contributed by atoms with Gasteiger partial charge in [0.05, 0.1) is 12.8 Å². The van der Waals surface area contributed by atoms with Gasteiger partial charge in [-0.05, 0) is 48.2 Å². The number of guanidine groups is 1. The fourth-order valence-electron chi connectivity index (χ4n) is 3.17. The number of carbonyl (C=O) groups is 1. The summed E-state index contributed by atoms with van der Waals surface area (Å²) in [5.74, 6) is 1.68. The van der Waals surface area contributed by atoms with Crippen molar-refractivity contribution in [3.63, 3.8) is 0 Å². The van der Waals surface area contributed by atoms with Crippen LogP contribution in [0, 0.1) is 6.92 Å². The summed E-state index contributed by atoms with van der Waals surface area (Å²) < 4.78 is 5.25. The highest BCUT2D eigenvalue weighted by Crippen LogP contribution is 2.14. The van der Waals surface area contributed by atoms with Crippen molar-refractivity contribution in [2.45, 2.75) is 32.9 Å². The van der Waals surface area contributed by atoms with Crippen molar-refractivity contribution in [1.29, 1.82) is 0 Å². The van der Waals surface area contributed by atoms with Crippen LogP contribution < -0.4 is 16.0 Å². The van der Waals surface area contributed by atoms with Crippen LogP contribution in [0.1, 0.15) is 45.7 Å². The van der Waals surface area contributed by atoms with E-state index in [0.29, 0.717) is 24.6 Å². The van der Waals surface area contributed by atoms with Crippen LogP contribution in [0.2, 0.25) is 0 Å². The monoisotopic (exact) mass is 418 g/mol. The number of hydrogen-bond acceptors (Lipinski definition) is 3. The highest BCUT2D eigenvalue weighted by Gasteiger charge is 2.09. The number of carbonyl (C=O) groups excluding carboxylic acids is 1. The quantitative estimate of drug-likeness (QED) is 0.382. The molecule has 3 aromatic rings. The Morgan fingerprint density at radius 3 is 2.52 bits per heavy atom. The molecule has 1 amide bonds. The van der Waals surface area contributed by atoms with Gasteiger partial charge in [0.1, 0.15) is 5.76 Å². The zero-order chi connectivity index (χ0) is 22.1. The predicted octanol–water partition coefficient (Wildman–Crippen LogP) is 3.99. The Bertz CT molecular complexity index is 995. The topological polar surface area (TPSA) is 78.7 Å². The first-order valence-corrected chi connectivity index (χ1v) is 10.5. The minimum atomic E-state index is -0.132. The minimum Gasteiger partial charge on any atom is -0.467 e. The van der Waals surface area contributed by atoms with Crippen molar-refractivity contribution in [1.82, 2.24) is 16.0 Å². The molecule has 1 aromatic heterocycles. The van der Waals surface area contributed by atoms with Crippen LogP contribution in [0.3, 0.4) is 0 Å². The fourth-order valence-corrected chi connectivity index (χ4v) is 3.17. The molecule has 2 aromatic carbocycles. The Kier molecular flexibility index (Phi) is 7.87. The van der Waals surface area contributed by atoms with Crippen LogP contribution in [0.5, 0.6) is 0 Å². The van der Waals surface area contributed by atoms with E-state index in [4.69, 9.17) is 4.42 Å². The van der Waals surface area contributed by atoms with Gasteiger partial charge < -0.3 is 20.4 Å². The average molecular weight is 419 g/mol. The standard InChI is InChI=1S/C25H30N4O2/c1-18-9-11-21(12-10-18)19(2)15-28-25(26-3)29-16-20-6-4-7-22(14-20)24(30)27-17-23-8-5-13-31-23/h4-14,19H,15-17H2,1-3H3,(H,27,30)(H2,26,28,29). The van der Waals surface area contributed by atoms with Gasteiger partial charge in [0.15, 0.2) is 5.96 Å². The lowest BCUT2D eigenvalue weighted by Gasteiger charge is -2.17. The minimum absolute atomic E-state index is 0.132. The van der Waals surface area contributed by atoms with Crippen molar-refractivity contribution in [3.8, 4) is 0 Å². The van der Waals surface area contributed by atoms with Gasteiger partial charge >= 0.3 is 0 Å². The van der Waals surface area contributed by atoms with E-state index in [0.717, 1.165) is 23.8 Å².